The summed E-state index contributed by atoms with van der Waals surface area (Å²) in [6.45, 7) is 8.21. The first kappa shape index (κ1) is 13.0. The second-order valence-electron chi connectivity index (χ2n) is 5.15. The summed E-state index contributed by atoms with van der Waals surface area (Å²) >= 11 is 0. The summed E-state index contributed by atoms with van der Waals surface area (Å²) in [6, 6.07) is 0. The molecule has 0 aliphatic carbocycles. The number of hydrogen-bond donors (Lipinski definition) is 0. The first-order chi connectivity index (χ1) is 8.20. The van der Waals surface area contributed by atoms with Gasteiger partial charge in [0.05, 0.1) is 31.5 Å². The van der Waals surface area contributed by atoms with Crippen molar-refractivity contribution in [3.05, 3.63) is 12.2 Å². The fourth-order valence-electron chi connectivity index (χ4n) is 3.14. The molecule has 98 valence electrons. The third kappa shape index (κ3) is 2.71. The van der Waals surface area contributed by atoms with Crippen molar-refractivity contribution in [3.63, 3.8) is 0 Å². The first-order valence-electron chi connectivity index (χ1n) is 6.21. The van der Waals surface area contributed by atoms with Gasteiger partial charge in [-0.2, -0.15) is 0 Å². The van der Waals surface area contributed by atoms with E-state index in [0.29, 0.717) is 19.3 Å². The molecular weight excluding hydrogens is 218 g/mol. The molecule has 0 saturated carbocycles. The van der Waals surface area contributed by atoms with Gasteiger partial charge in [-0.25, -0.2) is 0 Å². The van der Waals surface area contributed by atoms with E-state index in [4.69, 9.17) is 14.2 Å². The lowest BCUT2D eigenvalue weighted by Gasteiger charge is -2.30. The Kier molecular flexibility index (Phi) is 4.20. The zero-order chi connectivity index (χ0) is 12.3. The van der Waals surface area contributed by atoms with E-state index >= 15 is 0 Å². The third-order valence-electron chi connectivity index (χ3n) is 3.75. The van der Waals surface area contributed by atoms with Crippen molar-refractivity contribution in [2.45, 2.75) is 24.5 Å². The number of ether oxygens (including phenoxy) is 3. The van der Waals surface area contributed by atoms with Crippen LogP contribution in [0.1, 0.15) is 12.8 Å². The second kappa shape index (κ2) is 5.48. The molecule has 0 N–H and O–H groups in total. The summed E-state index contributed by atoms with van der Waals surface area (Å²) < 4.78 is 16.2. The Balaban J connectivity index is 1.91. The highest BCUT2D eigenvalue weighted by atomic mass is 16.5. The molecule has 2 atom stereocenters. The van der Waals surface area contributed by atoms with Crippen molar-refractivity contribution in [1.82, 2.24) is 4.90 Å². The lowest BCUT2D eigenvalue weighted by Crippen LogP contribution is -2.42. The third-order valence-corrected chi connectivity index (χ3v) is 3.75. The molecule has 2 aliphatic rings. The van der Waals surface area contributed by atoms with E-state index in [2.05, 4.69) is 11.5 Å². The Morgan fingerprint density at radius 3 is 2.88 bits per heavy atom. The van der Waals surface area contributed by atoms with Gasteiger partial charge in [0.25, 0.3) is 0 Å². The largest absolute Gasteiger partial charge is 0.383 e. The van der Waals surface area contributed by atoms with Crippen LogP contribution in [0.5, 0.6) is 0 Å². The second-order valence-corrected chi connectivity index (χ2v) is 5.15. The number of hydrogen-bond acceptors (Lipinski definition) is 4. The van der Waals surface area contributed by atoms with Crippen LogP contribution in [0.2, 0.25) is 0 Å². The molecule has 2 heterocycles. The molecule has 0 amide bonds. The van der Waals surface area contributed by atoms with Gasteiger partial charge in [0.2, 0.25) is 0 Å². The topological polar surface area (TPSA) is 30.9 Å². The minimum absolute atomic E-state index is 0.142. The summed E-state index contributed by atoms with van der Waals surface area (Å²) in [7, 11) is 3.47. The van der Waals surface area contributed by atoms with Crippen molar-refractivity contribution in [2.75, 3.05) is 47.1 Å². The van der Waals surface area contributed by atoms with E-state index in [9.17, 15) is 0 Å². The van der Waals surface area contributed by atoms with E-state index in [1.807, 2.05) is 0 Å². The molecule has 4 nitrogen and oxygen atoms in total. The fraction of sp³-hybridized carbons (Fsp3) is 0.846. The average Bonchev–Trinajstić information content (AvgIpc) is 2.71. The van der Waals surface area contributed by atoms with Crippen molar-refractivity contribution in [1.29, 1.82) is 0 Å². The maximum atomic E-state index is 5.83. The van der Waals surface area contributed by atoms with E-state index in [1.165, 1.54) is 5.57 Å². The Bertz CT molecular complexity index is 282. The summed E-state index contributed by atoms with van der Waals surface area (Å²) in [5.74, 6) is 0. The summed E-state index contributed by atoms with van der Waals surface area (Å²) in [5.41, 5.74) is 1.46. The molecule has 2 fully saturated rings. The summed E-state index contributed by atoms with van der Waals surface area (Å²) in [6.07, 6.45) is 2.41. The molecular formula is C13H23NO3. The van der Waals surface area contributed by atoms with Crippen LogP contribution in [0.25, 0.3) is 0 Å². The Labute approximate surface area is 104 Å². The van der Waals surface area contributed by atoms with Crippen LogP contribution in [-0.2, 0) is 14.2 Å². The van der Waals surface area contributed by atoms with Crippen LogP contribution in [0.3, 0.4) is 0 Å². The van der Waals surface area contributed by atoms with Gasteiger partial charge in [-0.3, -0.25) is 4.90 Å². The number of methoxy groups -OCH3 is 2. The molecule has 2 aliphatic heterocycles. The van der Waals surface area contributed by atoms with Crippen LogP contribution in [-0.4, -0.2) is 63.7 Å². The van der Waals surface area contributed by atoms with Gasteiger partial charge in [0.1, 0.15) is 0 Å². The van der Waals surface area contributed by atoms with Crippen LogP contribution >= 0.6 is 0 Å². The Morgan fingerprint density at radius 1 is 1.35 bits per heavy atom. The molecule has 0 spiro atoms. The molecule has 0 aromatic heterocycles. The van der Waals surface area contributed by atoms with Crippen LogP contribution < -0.4 is 0 Å². The van der Waals surface area contributed by atoms with Gasteiger partial charge < -0.3 is 14.2 Å². The minimum Gasteiger partial charge on any atom is -0.383 e. The van der Waals surface area contributed by atoms with Gasteiger partial charge in [-0.05, 0) is 12.8 Å². The Morgan fingerprint density at radius 2 is 2.18 bits per heavy atom. The maximum absolute atomic E-state index is 5.83. The standard InChI is InChI=1S/C13H23NO3/c1-11-6-13(10-16-3)7-12(9-14(13)8-11)17-5-4-15-2/h12H,1,4-10H2,2-3H3/t12-,13+/m0/s1. The lowest BCUT2D eigenvalue weighted by molar-refractivity contribution is 0.0198. The summed E-state index contributed by atoms with van der Waals surface area (Å²) in [5, 5.41) is 0. The molecule has 0 bridgehead atoms. The molecule has 17 heavy (non-hydrogen) atoms. The zero-order valence-corrected chi connectivity index (χ0v) is 10.9. The van der Waals surface area contributed by atoms with E-state index in [-0.39, 0.29) is 5.54 Å². The van der Waals surface area contributed by atoms with Crippen LogP contribution in [0.15, 0.2) is 12.2 Å². The van der Waals surface area contributed by atoms with Gasteiger partial charge in [-0.15, -0.1) is 0 Å². The van der Waals surface area contributed by atoms with Crippen molar-refractivity contribution < 1.29 is 14.2 Å². The maximum Gasteiger partial charge on any atom is 0.0722 e. The predicted molar refractivity (Wildman–Crippen MR) is 66.2 cm³/mol. The molecule has 2 rings (SSSR count). The quantitative estimate of drug-likeness (QED) is 0.514. The van der Waals surface area contributed by atoms with Crippen LogP contribution in [0.4, 0.5) is 0 Å². The van der Waals surface area contributed by atoms with Crippen molar-refractivity contribution >= 4 is 0 Å². The van der Waals surface area contributed by atoms with E-state index in [1.54, 1.807) is 14.2 Å². The molecule has 0 unspecified atom stereocenters. The van der Waals surface area contributed by atoms with E-state index < -0.39 is 0 Å². The normalized spacial score (nSPS) is 33.3. The van der Waals surface area contributed by atoms with Crippen LogP contribution in [0, 0.1) is 0 Å². The van der Waals surface area contributed by atoms with Crippen molar-refractivity contribution in [3.8, 4) is 0 Å². The number of nitrogens with zero attached hydrogens (tertiary/aromatic N) is 1. The highest BCUT2D eigenvalue weighted by Crippen LogP contribution is 2.41. The lowest BCUT2D eigenvalue weighted by atomic mass is 9.93. The molecule has 0 radical (unpaired) electrons. The minimum atomic E-state index is 0.142. The highest BCUT2D eigenvalue weighted by Gasteiger charge is 2.49. The fourth-order valence-corrected chi connectivity index (χ4v) is 3.14. The van der Waals surface area contributed by atoms with Gasteiger partial charge in [-0.1, -0.05) is 12.2 Å². The average molecular weight is 241 g/mol. The molecule has 0 aromatic carbocycles. The van der Waals surface area contributed by atoms with Gasteiger partial charge in [0.15, 0.2) is 0 Å². The SMILES string of the molecule is C=C1CN2C[C@@H](OCCOC)C[C@@]2(COC)C1. The molecule has 4 heteroatoms. The highest BCUT2D eigenvalue weighted by molar-refractivity contribution is 5.19. The number of rotatable bonds is 6. The summed E-state index contributed by atoms with van der Waals surface area (Å²) in [4.78, 5) is 2.47. The Hall–Kier alpha value is -0.420. The predicted octanol–water partition coefficient (Wildman–Crippen LogP) is 1.07. The van der Waals surface area contributed by atoms with Crippen molar-refractivity contribution in [2.24, 2.45) is 0 Å². The van der Waals surface area contributed by atoms with Gasteiger partial charge >= 0.3 is 0 Å². The smallest absolute Gasteiger partial charge is 0.0722 e. The monoisotopic (exact) mass is 241 g/mol. The zero-order valence-electron chi connectivity index (χ0n) is 10.9. The molecule has 2 saturated heterocycles. The number of fused-ring (bicyclic) bond motifs is 1. The van der Waals surface area contributed by atoms with E-state index in [0.717, 1.165) is 32.5 Å². The first-order valence-corrected chi connectivity index (χ1v) is 6.21. The van der Waals surface area contributed by atoms with Gasteiger partial charge in [0, 0.05) is 27.3 Å². The molecule has 0 aromatic rings.